The van der Waals surface area contributed by atoms with E-state index >= 15 is 0 Å². The molecule has 0 aliphatic heterocycles. The fourth-order valence-corrected chi connectivity index (χ4v) is 4.40. The summed E-state index contributed by atoms with van der Waals surface area (Å²) in [7, 11) is -4.21. The van der Waals surface area contributed by atoms with Crippen LogP contribution in [0, 0.1) is 25.5 Å². The van der Waals surface area contributed by atoms with Gasteiger partial charge in [0.1, 0.15) is 23.0 Å². The lowest BCUT2D eigenvalue weighted by molar-refractivity contribution is 0.535. The molecule has 152 valence electrons. The minimum Gasteiger partial charge on any atom is -0.323 e. The molecule has 6 nitrogen and oxygen atoms in total. The number of allylic oxidation sites excluding steroid dienone is 2. The zero-order valence-electron chi connectivity index (χ0n) is 16.0. The number of nitrogens with zero attached hydrogens (tertiary/aromatic N) is 3. The van der Waals surface area contributed by atoms with E-state index in [4.69, 9.17) is 5.14 Å². The number of aromatic nitrogens is 3. The average molecular weight is 418 g/mol. The highest BCUT2D eigenvalue weighted by Gasteiger charge is 2.22. The number of imidazole rings is 1. The SMILES string of the molecule is Cc1ncc2nc(C)n(Cc3c(F)cc(S(N)(=O)=O)cc3F)c2c1C1=CCCC1. The number of aryl methyl sites for hydroxylation is 2. The summed E-state index contributed by atoms with van der Waals surface area (Å²) in [6, 6.07) is 1.49. The van der Waals surface area contributed by atoms with Crippen LogP contribution >= 0.6 is 0 Å². The van der Waals surface area contributed by atoms with Gasteiger partial charge in [0.05, 0.1) is 23.2 Å². The molecule has 0 fully saturated rings. The molecule has 1 aromatic carbocycles. The Hall–Kier alpha value is -2.65. The summed E-state index contributed by atoms with van der Waals surface area (Å²) in [5, 5.41) is 5.00. The van der Waals surface area contributed by atoms with Gasteiger partial charge in [-0.15, -0.1) is 0 Å². The van der Waals surface area contributed by atoms with Gasteiger partial charge in [0.2, 0.25) is 10.0 Å². The maximum absolute atomic E-state index is 14.6. The summed E-state index contributed by atoms with van der Waals surface area (Å²) in [4.78, 5) is 8.36. The number of sulfonamides is 1. The van der Waals surface area contributed by atoms with Crippen molar-refractivity contribution in [1.29, 1.82) is 0 Å². The molecule has 0 spiro atoms. The molecule has 0 unspecified atom stereocenters. The fraction of sp³-hybridized carbons (Fsp3) is 0.300. The molecule has 2 N–H and O–H groups in total. The van der Waals surface area contributed by atoms with Crippen LogP contribution in [-0.4, -0.2) is 23.0 Å². The Morgan fingerprint density at radius 3 is 2.48 bits per heavy atom. The topological polar surface area (TPSA) is 90.9 Å². The second-order valence-corrected chi connectivity index (χ2v) is 8.79. The fourth-order valence-electron chi connectivity index (χ4n) is 3.86. The predicted molar refractivity (Wildman–Crippen MR) is 106 cm³/mol. The third kappa shape index (κ3) is 3.44. The summed E-state index contributed by atoms with van der Waals surface area (Å²) in [5.41, 5.74) is 4.11. The van der Waals surface area contributed by atoms with Gasteiger partial charge >= 0.3 is 0 Å². The van der Waals surface area contributed by atoms with Crippen molar-refractivity contribution >= 4 is 26.6 Å². The third-order valence-corrected chi connectivity index (χ3v) is 6.18. The van der Waals surface area contributed by atoms with Gasteiger partial charge in [0.25, 0.3) is 0 Å². The zero-order valence-corrected chi connectivity index (χ0v) is 16.9. The summed E-state index contributed by atoms with van der Waals surface area (Å²) < 4.78 is 53.9. The van der Waals surface area contributed by atoms with E-state index < -0.39 is 26.6 Å². The number of benzene rings is 1. The Kier molecular flexibility index (Phi) is 4.74. The van der Waals surface area contributed by atoms with Crippen LogP contribution in [0.4, 0.5) is 8.78 Å². The van der Waals surface area contributed by atoms with E-state index in [1.807, 2.05) is 6.92 Å². The molecule has 29 heavy (non-hydrogen) atoms. The molecule has 0 saturated heterocycles. The Labute approximate surface area is 167 Å². The van der Waals surface area contributed by atoms with Crippen LogP contribution in [0.2, 0.25) is 0 Å². The summed E-state index contributed by atoms with van der Waals surface area (Å²) in [6.45, 7) is 3.54. The molecule has 3 aromatic rings. The predicted octanol–water partition coefficient (Wildman–Crippen LogP) is 3.59. The highest BCUT2D eigenvalue weighted by molar-refractivity contribution is 7.89. The number of fused-ring (bicyclic) bond motifs is 1. The molecule has 4 rings (SSSR count). The number of pyridine rings is 1. The van der Waals surface area contributed by atoms with Crippen molar-refractivity contribution in [2.24, 2.45) is 5.14 Å². The Bertz CT molecular complexity index is 1260. The molecule has 0 saturated carbocycles. The maximum atomic E-state index is 14.6. The number of halogens is 2. The van der Waals surface area contributed by atoms with E-state index in [0.717, 1.165) is 53.7 Å². The molecule has 1 aliphatic carbocycles. The number of hydrogen-bond donors (Lipinski definition) is 1. The van der Waals surface area contributed by atoms with Crippen molar-refractivity contribution in [3.63, 3.8) is 0 Å². The minimum atomic E-state index is -4.21. The van der Waals surface area contributed by atoms with E-state index in [1.54, 1.807) is 17.7 Å². The molecule has 1 aliphatic rings. The third-order valence-electron chi connectivity index (χ3n) is 5.29. The van der Waals surface area contributed by atoms with Crippen molar-refractivity contribution in [2.75, 3.05) is 0 Å². The average Bonchev–Trinajstić information content (AvgIpc) is 3.25. The molecule has 0 amide bonds. The maximum Gasteiger partial charge on any atom is 0.238 e. The van der Waals surface area contributed by atoms with E-state index in [1.165, 1.54) is 0 Å². The zero-order chi connectivity index (χ0) is 20.9. The number of nitrogens with two attached hydrogens (primary N) is 1. The van der Waals surface area contributed by atoms with Gasteiger partial charge in [-0.2, -0.15) is 0 Å². The summed E-state index contributed by atoms with van der Waals surface area (Å²) in [5.74, 6) is -1.35. The van der Waals surface area contributed by atoms with Crippen molar-refractivity contribution in [3.05, 3.63) is 58.7 Å². The van der Waals surface area contributed by atoms with E-state index in [-0.39, 0.29) is 12.1 Å². The molecule has 2 aromatic heterocycles. The quantitative estimate of drug-likeness (QED) is 0.701. The van der Waals surface area contributed by atoms with Crippen molar-refractivity contribution in [1.82, 2.24) is 14.5 Å². The molecular formula is C20H20F2N4O2S. The van der Waals surface area contributed by atoms with Gasteiger partial charge in [0, 0.05) is 16.8 Å². The molecular weight excluding hydrogens is 398 g/mol. The van der Waals surface area contributed by atoms with Gasteiger partial charge in [-0.3, -0.25) is 4.98 Å². The number of hydrogen-bond acceptors (Lipinski definition) is 4. The van der Waals surface area contributed by atoms with E-state index in [0.29, 0.717) is 11.3 Å². The first-order valence-electron chi connectivity index (χ1n) is 9.19. The van der Waals surface area contributed by atoms with E-state index in [9.17, 15) is 17.2 Å². The monoisotopic (exact) mass is 418 g/mol. The van der Waals surface area contributed by atoms with Crippen LogP contribution in [0.25, 0.3) is 16.6 Å². The Balaban J connectivity index is 1.90. The van der Waals surface area contributed by atoms with Gasteiger partial charge < -0.3 is 4.57 Å². The van der Waals surface area contributed by atoms with Gasteiger partial charge in [-0.05, 0) is 50.8 Å². The first-order chi connectivity index (χ1) is 13.7. The number of primary sulfonamides is 1. The largest absolute Gasteiger partial charge is 0.323 e. The summed E-state index contributed by atoms with van der Waals surface area (Å²) in [6.07, 6.45) is 6.77. The van der Waals surface area contributed by atoms with Crippen LogP contribution in [0.1, 0.15) is 41.9 Å². The molecule has 2 heterocycles. The highest BCUT2D eigenvalue weighted by atomic mass is 32.2. The first-order valence-corrected chi connectivity index (χ1v) is 10.7. The molecule has 0 radical (unpaired) electrons. The van der Waals surface area contributed by atoms with Gasteiger partial charge in [-0.25, -0.2) is 27.3 Å². The molecule has 0 bridgehead atoms. The smallest absolute Gasteiger partial charge is 0.238 e. The van der Waals surface area contributed by atoms with Gasteiger partial charge in [0.15, 0.2) is 0 Å². The van der Waals surface area contributed by atoms with Gasteiger partial charge in [-0.1, -0.05) is 6.08 Å². The normalized spacial score (nSPS) is 14.6. The lowest BCUT2D eigenvalue weighted by Crippen LogP contribution is -2.15. The lowest BCUT2D eigenvalue weighted by atomic mass is 10.0. The van der Waals surface area contributed by atoms with Crippen molar-refractivity contribution in [3.8, 4) is 0 Å². The first kappa shape index (κ1) is 19.7. The Morgan fingerprint density at radius 2 is 1.90 bits per heavy atom. The Morgan fingerprint density at radius 1 is 1.21 bits per heavy atom. The van der Waals surface area contributed by atoms with Crippen LogP contribution in [0.5, 0.6) is 0 Å². The molecule has 9 heteroatoms. The van der Waals surface area contributed by atoms with Crippen LogP contribution in [0.3, 0.4) is 0 Å². The lowest BCUT2D eigenvalue weighted by Gasteiger charge is -2.14. The highest BCUT2D eigenvalue weighted by Crippen LogP contribution is 2.35. The molecule has 0 atom stereocenters. The van der Waals surface area contributed by atoms with Crippen LogP contribution in [-0.2, 0) is 16.6 Å². The number of rotatable bonds is 4. The van der Waals surface area contributed by atoms with Crippen LogP contribution < -0.4 is 5.14 Å². The van der Waals surface area contributed by atoms with Crippen molar-refractivity contribution < 1.29 is 17.2 Å². The second-order valence-electron chi connectivity index (χ2n) is 7.23. The minimum absolute atomic E-state index is 0.130. The second kappa shape index (κ2) is 7.00. The van der Waals surface area contributed by atoms with Crippen LogP contribution in [0.15, 0.2) is 29.3 Å². The standard InChI is InChI=1S/C20H20F2N4O2S/c1-11-19(13-5-3-4-6-13)20-18(9-24-11)25-12(2)26(20)10-15-16(21)7-14(8-17(15)22)29(23,27)28/h5,7-9H,3-4,6,10H2,1-2H3,(H2,23,27,28). The van der Waals surface area contributed by atoms with Crippen molar-refractivity contribution in [2.45, 2.75) is 44.6 Å². The summed E-state index contributed by atoms with van der Waals surface area (Å²) >= 11 is 0. The van der Waals surface area contributed by atoms with E-state index in [2.05, 4.69) is 16.0 Å².